The average molecular weight is 357 g/mol. The predicted octanol–water partition coefficient (Wildman–Crippen LogP) is 3.01. The van der Waals surface area contributed by atoms with Crippen molar-refractivity contribution < 1.29 is 14.3 Å². The number of hydrogen-bond acceptors (Lipinski definition) is 4. The highest BCUT2D eigenvalue weighted by Crippen LogP contribution is 2.31. The zero-order valence-electron chi connectivity index (χ0n) is 14.7. The Balaban J connectivity index is 0.00000288. The molecule has 1 aromatic rings. The predicted molar refractivity (Wildman–Crippen MR) is 98.2 cm³/mol. The zero-order chi connectivity index (χ0) is 16.8. The minimum absolute atomic E-state index is 0. The molecule has 6 heteroatoms. The highest BCUT2D eigenvalue weighted by atomic mass is 35.5. The lowest BCUT2D eigenvalue weighted by atomic mass is 10.1. The summed E-state index contributed by atoms with van der Waals surface area (Å²) >= 11 is 0. The molecule has 1 atom stereocenters. The molecule has 1 aliphatic rings. The Labute approximate surface area is 150 Å². The fraction of sp³-hybridized carbons (Fsp3) is 0.611. The fourth-order valence-corrected chi connectivity index (χ4v) is 2.34. The van der Waals surface area contributed by atoms with Gasteiger partial charge in [-0.1, -0.05) is 13.8 Å². The van der Waals surface area contributed by atoms with Crippen LogP contribution < -0.4 is 20.5 Å². The van der Waals surface area contributed by atoms with Crippen molar-refractivity contribution in [2.45, 2.75) is 39.2 Å². The molecule has 0 aromatic heterocycles. The maximum Gasteiger partial charge on any atom is 0.251 e. The molecular formula is C18H29ClN2O3. The second kappa shape index (κ2) is 9.74. The molecule has 1 aliphatic carbocycles. The molecular weight excluding hydrogens is 328 g/mol. The Hall–Kier alpha value is -1.46. The van der Waals surface area contributed by atoms with Gasteiger partial charge in [0.25, 0.3) is 5.91 Å². The number of nitrogens with two attached hydrogens (primary N) is 1. The first-order chi connectivity index (χ1) is 11.0. The third-order valence-electron chi connectivity index (χ3n) is 4.10. The molecule has 0 spiro atoms. The lowest BCUT2D eigenvalue weighted by molar-refractivity contribution is 0.0950. The van der Waals surface area contributed by atoms with E-state index in [9.17, 15) is 4.79 Å². The molecule has 1 unspecified atom stereocenters. The first-order valence-electron chi connectivity index (χ1n) is 8.36. The Bertz CT molecular complexity index is 533. The molecule has 0 bridgehead atoms. The third-order valence-corrected chi connectivity index (χ3v) is 4.10. The summed E-state index contributed by atoms with van der Waals surface area (Å²) in [6.07, 6.45) is 3.32. The number of methoxy groups -OCH3 is 1. The summed E-state index contributed by atoms with van der Waals surface area (Å²) in [5.74, 6) is 2.27. The van der Waals surface area contributed by atoms with E-state index < -0.39 is 0 Å². The fourth-order valence-electron chi connectivity index (χ4n) is 2.34. The summed E-state index contributed by atoms with van der Waals surface area (Å²) < 4.78 is 11.1. The average Bonchev–Trinajstić information content (AvgIpc) is 3.37. The zero-order valence-corrected chi connectivity index (χ0v) is 15.5. The van der Waals surface area contributed by atoms with Gasteiger partial charge < -0.3 is 20.5 Å². The van der Waals surface area contributed by atoms with Gasteiger partial charge in [-0.3, -0.25) is 4.79 Å². The number of ether oxygens (including phenoxy) is 2. The SMILES string of the molecule is COc1cc(C(=O)NCC(N)C2CC2)ccc1OCCC(C)C.Cl. The van der Waals surface area contributed by atoms with Crippen LogP contribution in [0.4, 0.5) is 0 Å². The normalized spacial score (nSPS) is 14.7. The van der Waals surface area contributed by atoms with Crippen molar-refractivity contribution in [3.05, 3.63) is 23.8 Å². The maximum atomic E-state index is 12.2. The summed E-state index contributed by atoms with van der Waals surface area (Å²) in [7, 11) is 1.58. The van der Waals surface area contributed by atoms with Crippen molar-refractivity contribution >= 4 is 18.3 Å². The third kappa shape index (κ3) is 6.21. The first kappa shape index (κ1) is 20.6. The van der Waals surface area contributed by atoms with E-state index in [-0.39, 0.29) is 24.4 Å². The summed E-state index contributed by atoms with van der Waals surface area (Å²) in [6, 6.07) is 5.31. The van der Waals surface area contributed by atoms with Crippen LogP contribution in [-0.4, -0.2) is 32.2 Å². The van der Waals surface area contributed by atoms with Gasteiger partial charge in [0, 0.05) is 18.2 Å². The van der Waals surface area contributed by atoms with Crippen LogP contribution in [0.1, 0.15) is 43.5 Å². The minimum atomic E-state index is -0.131. The quantitative estimate of drug-likeness (QED) is 0.713. The van der Waals surface area contributed by atoms with Crippen LogP contribution in [0.5, 0.6) is 11.5 Å². The van der Waals surface area contributed by atoms with Crippen molar-refractivity contribution in [2.24, 2.45) is 17.6 Å². The van der Waals surface area contributed by atoms with Crippen LogP contribution in [0.15, 0.2) is 18.2 Å². The highest BCUT2D eigenvalue weighted by Gasteiger charge is 2.28. The smallest absolute Gasteiger partial charge is 0.251 e. The van der Waals surface area contributed by atoms with Gasteiger partial charge >= 0.3 is 0 Å². The lowest BCUT2D eigenvalue weighted by Gasteiger charge is -2.14. The highest BCUT2D eigenvalue weighted by molar-refractivity contribution is 5.94. The molecule has 136 valence electrons. The molecule has 1 saturated carbocycles. The molecule has 2 rings (SSSR count). The second-order valence-electron chi connectivity index (χ2n) is 6.61. The van der Waals surface area contributed by atoms with Crippen LogP contribution in [-0.2, 0) is 0 Å². The van der Waals surface area contributed by atoms with Gasteiger partial charge in [0.2, 0.25) is 0 Å². The van der Waals surface area contributed by atoms with E-state index in [1.807, 2.05) is 0 Å². The lowest BCUT2D eigenvalue weighted by Crippen LogP contribution is -2.38. The Morgan fingerprint density at radius 3 is 2.62 bits per heavy atom. The standard InChI is InChI=1S/C18H28N2O3.ClH/c1-12(2)8-9-23-16-7-6-14(10-17(16)22-3)18(21)20-11-15(19)13-4-5-13;/h6-7,10,12-13,15H,4-5,8-9,11,19H2,1-3H3,(H,20,21);1H. The van der Waals surface area contributed by atoms with E-state index in [4.69, 9.17) is 15.2 Å². The van der Waals surface area contributed by atoms with E-state index >= 15 is 0 Å². The van der Waals surface area contributed by atoms with Crippen molar-refractivity contribution in [3.63, 3.8) is 0 Å². The largest absolute Gasteiger partial charge is 0.493 e. The Kier molecular flexibility index (Phi) is 8.36. The number of hydrogen-bond donors (Lipinski definition) is 2. The number of benzene rings is 1. The van der Waals surface area contributed by atoms with Gasteiger partial charge in [-0.15, -0.1) is 12.4 Å². The van der Waals surface area contributed by atoms with Crippen molar-refractivity contribution in [2.75, 3.05) is 20.3 Å². The van der Waals surface area contributed by atoms with E-state index in [0.717, 1.165) is 6.42 Å². The Morgan fingerprint density at radius 1 is 1.33 bits per heavy atom. The number of carbonyl (C=O) groups is 1. The number of amides is 1. The molecule has 0 saturated heterocycles. The first-order valence-corrected chi connectivity index (χ1v) is 8.36. The van der Waals surface area contributed by atoms with E-state index in [1.165, 1.54) is 12.8 Å². The number of carbonyl (C=O) groups excluding carboxylic acids is 1. The molecule has 24 heavy (non-hydrogen) atoms. The van der Waals surface area contributed by atoms with Gasteiger partial charge in [-0.2, -0.15) is 0 Å². The number of nitrogens with one attached hydrogen (secondary N) is 1. The van der Waals surface area contributed by atoms with Crippen LogP contribution in [0, 0.1) is 11.8 Å². The summed E-state index contributed by atoms with van der Waals surface area (Å²) in [6.45, 7) is 5.45. The molecule has 0 heterocycles. The molecule has 1 fully saturated rings. The minimum Gasteiger partial charge on any atom is -0.493 e. The van der Waals surface area contributed by atoms with Gasteiger partial charge in [0.1, 0.15) is 0 Å². The van der Waals surface area contributed by atoms with Gasteiger partial charge in [0.05, 0.1) is 13.7 Å². The molecule has 5 nitrogen and oxygen atoms in total. The number of halogens is 1. The molecule has 1 aromatic carbocycles. The monoisotopic (exact) mass is 356 g/mol. The van der Waals surface area contributed by atoms with Crippen LogP contribution in [0.2, 0.25) is 0 Å². The topological polar surface area (TPSA) is 73.6 Å². The molecule has 1 amide bonds. The van der Waals surface area contributed by atoms with Crippen LogP contribution in [0.25, 0.3) is 0 Å². The van der Waals surface area contributed by atoms with Crippen molar-refractivity contribution in [3.8, 4) is 11.5 Å². The molecule has 0 aliphatic heterocycles. The van der Waals surface area contributed by atoms with Gasteiger partial charge in [-0.25, -0.2) is 0 Å². The van der Waals surface area contributed by atoms with Crippen molar-refractivity contribution in [1.29, 1.82) is 0 Å². The van der Waals surface area contributed by atoms with E-state index in [2.05, 4.69) is 19.2 Å². The van der Waals surface area contributed by atoms with Gasteiger partial charge in [-0.05, 0) is 49.3 Å². The van der Waals surface area contributed by atoms with E-state index in [0.29, 0.717) is 42.0 Å². The van der Waals surface area contributed by atoms with Crippen LogP contribution >= 0.6 is 12.4 Å². The summed E-state index contributed by atoms with van der Waals surface area (Å²) in [4.78, 5) is 12.2. The Morgan fingerprint density at radius 2 is 2.04 bits per heavy atom. The van der Waals surface area contributed by atoms with Crippen LogP contribution in [0.3, 0.4) is 0 Å². The summed E-state index contributed by atoms with van der Waals surface area (Å²) in [5, 5.41) is 2.89. The van der Waals surface area contributed by atoms with Gasteiger partial charge in [0.15, 0.2) is 11.5 Å². The second-order valence-corrected chi connectivity index (χ2v) is 6.61. The summed E-state index contributed by atoms with van der Waals surface area (Å²) in [5.41, 5.74) is 6.56. The number of rotatable bonds is 9. The molecule has 0 radical (unpaired) electrons. The van der Waals surface area contributed by atoms with E-state index in [1.54, 1.807) is 25.3 Å². The molecule has 3 N–H and O–H groups in total. The van der Waals surface area contributed by atoms with Crippen molar-refractivity contribution in [1.82, 2.24) is 5.32 Å². The maximum absolute atomic E-state index is 12.2.